The van der Waals surface area contributed by atoms with E-state index in [0.29, 0.717) is 6.61 Å². The monoisotopic (exact) mass is 245 g/mol. The van der Waals surface area contributed by atoms with Gasteiger partial charge in [-0.1, -0.05) is 0 Å². The molecule has 0 aromatic heterocycles. The van der Waals surface area contributed by atoms with Gasteiger partial charge in [-0.3, -0.25) is 4.90 Å². The van der Waals surface area contributed by atoms with E-state index in [0.717, 1.165) is 32.8 Å². The normalized spacial score (nSPS) is 20.1. The van der Waals surface area contributed by atoms with Crippen molar-refractivity contribution in [3.63, 3.8) is 0 Å². The fourth-order valence-electron chi connectivity index (χ4n) is 1.89. The van der Waals surface area contributed by atoms with Crippen molar-refractivity contribution >= 4 is 0 Å². The Kier molecular flexibility index (Phi) is 7.04. The largest absolute Gasteiger partial charge is 0.379 e. The predicted molar refractivity (Wildman–Crippen MR) is 68.4 cm³/mol. The smallest absolute Gasteiger partial charge is 0.0938 e. The van der Waals surface area contributed by atoms with Crippen LogP contribution >= 0.6 is 0 Å². The zero-order valence-corrected chi connectivity index (χ0v) is 11.6. The lowest BCUT2D eigenvalue weighted by molar-refractivity contribution is -0.0790. The Labute approximate surface area is 105 Å². The van der Waals surface area contributed by atoms with Gasteiger partial charge in [0.15, 0.2) is 0 Å². The Hall–Kier alpha value is -0.160. The average molecular weight is 245 g/mol. The number of morpholine rings is 1. The van der Waals surface area contributed by atoms with Crippen LogP contribution in [-0.2, 0) is 14.2 Å². The van der Waals surface area contributed by atoms with Gasteiger partial charge in [0.05, 0.1) is 38.1 Å². The molecule has 0 bridgehead atoms. The van der Waals surface area contributed by atoms with Gasteiger partial charge in [0.2, 0.25) is 0 Å². The van der Waals surface area contributed by atoms with Gasteiger partial charge in [0, 0.05) is 19.6 Å². The first-order valence-electron chi connectivity index (χ1n) is 6.65. The Morgan fingerprint density at radius 2 is 1.71 bits per heavy atom. The highest BCUT2D eigenvalue weighted by atomic mass is 16.5. The highest BCUT2D eigenvalue weighted by molar-refractivity contribution is 4.69. The lowest BCUT2D eigenvalue weighted by atomic mass is 10.3. The van der Waals surface area contributed by atoms with Crippen molar-refractivity contribution in [3.8, 4) is 0 Å². The van der Waals surface area contributed by atoms with Crippen molar-refractivity contribution in [1.29, 1.82) is 0 Å². The minimum Gasteiger partial charge on any atom is -0.379 e. The molecule has 4 heteroatoms. The molecule has 1 rings (SSSR count). The Balaban J connectivity index is 2.32. The first kappa shape index (κ1) is 14.9. The van der Waals surface area contributed by atoms with E-state index >= 15 is 0 Å². The summed E-state index contributed by atoms with van der Waals surface area (Å²) in [4.78, 5) is 2.39. The SMILES string of the molecule is CC(C)OCC(CN1CCOCC1)OC(C)C. The molecular formula is C13H27NO3. The third kappa shape index (κ3) is 6.99. The third-order valence-corrected chi connectivity index (χ3v) is 2.65. The quantitative estimate of drug-likeness (QED) is 0.681. The molecular weight excluding hydrogens is 218 g/mol. The molecule has 1 unspecified atom stereocenters. The van der Waals surface area contributed by atoms with Crippen LogP contribution in [0.25, 0.3) is 0 Å². The van der Waals surface area contributed by atoms with Crippen LogP contribution in [0.15, 0.2) is 0 Å². The van der Waals surface area contributed by atoms with Crippen LogP contribution in [-0.4, -0.2) is 62.7 Å². The van der Waals surface area contributed by atoms with Crippen LogP contribution in [0.2, 0.25) is 0 Å². The van der Waals surface area contributed by atoms with E-state index in [9.17, 15) is 0 Å². The van der Waals surface area contributed by atoms with Gasteiger partial charge in [-0.05, 0) is 27.7 Å². The molecule has 1 fully saturated rings. The second-order valence-corrected chi connectivity index (χ2v) is 5.10. The summed E-state index contributed by atoms with van der Waals surface area (Å²) in [6, 6.07) is 0. The molecule has 1 heterocycles. The van der Waals surface area contributed by atoms with Crippen molar-refractivity contribution < 1.29 is 14.2 Å². The van der Waals surface area contributed by atoms with Crippen LogP contribution in [0.3, 0.4) is 0 Å². The summed E-state index contributed by atoms with van der Waals surface area (Å²) >= 11 is 0. The molecule has 1 atom stereocenters. The van der Waals surface area contributed by atoms with Gasteiger partial charge in [0.25, 0.3) is 0 Å². The molecule has 0 saturated carbocycles. The van der Waals surface area contributed by atoms with E-state index in [-0.39, 0.29) is 18.3 Å². The molecule has 4 nitrogen and oxygen atoms in total. The number of hydrogen-bond donors (Lipinski definition) is 0. The van der Waals surface area contributed by atoms with Crippen LogP contribution in [0.1, 0.15) is 27.7 Å². The van der Waals surface area contributed by atoms with Gasteiger partial charge >= 0.3 is 0 Å². The van der Waals surface area contributed by atoms with Gasteiger partial charge in [-0.25, -0.2) is 0 Å². The van der Waals surface area contributed by atoms with E-state index in [2.05, 4.69) is 32.6 Å². The second-order valence-electron chi connectivity index (χ2n) is 5.10. The highest BCUT2D eigenvalue weighted by Gasteiger charge is 2.18. The van der Waals surface area contributed by atoms with Crippen molar-refractivity contribution in [1.82, 2.24) is 4.90 Å². The molecule has 0 amide bonds. The summed E-state index contributed by atoms with van der Waals surface area (Å²) in [5, 5.41) is 0. The molecule has 0 aliphatic carbocycles. The fourth-order valence-corrected chi connectivity index (χ4v) is 1.89. The van der Waals surface area contributed by atoms with Gasteiger partial charge in [0.1, 0.15) is 0 Å². The number of rotatable bonds is 7. The summed E-state index contributed by atoms with van der Waals surface area (Å²) in [5.74, 6) is 0. The van der Waals surface area contributed by atoms with Crippen LogP contribution < -0.4 is 0 Å². The maximum Gasteiger partial charge on any atom is 0.0938 e. The Morgan fingerprint density at radius 1 is 1.06 bits per heavy atom. The summed E-state index contributed by atoms with van der Waals surface area (Å²) in [7, 11) is 0. The molecule has 102 valence electrons. The first-order valence-corrected chi connectivity index (χ1v) is 6.65. The second kappa shape index (κ2) is 8.03. The molecule has 1 saturated heterocycles. The van der Waals surface area contributed by atoms with E-state index in [1.165, 1.54) is 0 Å². The minimum atomic E-state index is 0.162. The van der Waals surface area contributed by atoms with Crippen LogP contribution in [0.5, 0.6) is 0 Å². The highest BCUT2D eigenvalue weighted by Crippen LogP contribution is 2.06. The fraction of sp³-hybridized carbons (Fsp3) is 1.00. The number of hydrogen-bond acceptors (Lipinski definition) is 4. The summed E-state index contributed by atoms with van der Waals surface area (Å²) in [5.41, 5.74) is 0. The topological polar surface area (TPSA) is 30.9 Å². The Morgan fingerprint density at radius 3 is 2.24 bits per heavy atom. The third-order valence-electron chi connectivity index (χ3n) is 2.65. The maximum absolute atomic E-state index is 5.90. The molecule has 1 aliphatic heterocycles. The number of ether oxygens (including phenoxy) is 3. The molecule has 0 radical (unpaired) electrons. The molecule has 1 aliphatic rings. The lowest BCUT2D eigenvalue weighted by Crippen LogP contribution is -2.43. The standard InChI is InChI=1S/C13H27NO3/c1-11(2)16-10-13(17-12(3)4)9-14-5-7-15-8-6-14/h11-13H,5-10H2,1-4H3. The molecule has 0 aromatic rings. The van der Waals surface area contributed by atoms with Crippen molar-refractivity contribution in [2.24, 2.45) is 0 Å². The van der Waals surface area contributed by atoms with Gasteiger partial charge in [-0.2, -0.15) is 0 Å². The van der Waals surface area contributed by atoms with Crippen molar-refractivity contribution in [2.75, 3.05) is 39.5 Å². The molecule has 0 N–H and O–H groups in total. The van der Waals surface area contributed by atoms with E-state index in [1.807, 2.05) is 0 Å². The average Bonchev–Trinajstić information content (AvgIpc) is 2.26. The van der Waals surface area contributed by atoms with Crippen LogP contribution in [0, 0.1) is 0 Å². The summed E-state index contributed by atoms with van der Waals surface area (Å²) in [6.07, 6.45) is 0.672. The van der Waals surface area contributed by atoms with Gasteiger partial charge < -0.3 is 14.2 Å². The zero-order valence-electron chi connectivity index (χ0n) is 11.6. The first-order chi connectivity index (χ1) is 8.08. The molecule has 0 spiro atoms. The molecule has 0 aromatic carbocycles. The van der Waals surface area contributed by atoms with E-state index < -0.39 is 0 Å². The Bertz CT molecular complexity index is 191. The lowest BCUT2D eigenvalue weighted by Gasteiger charge is -2.31. The number of nitrogens with zero attached hydrogens (tertiary/aromatic N) is 1. The zero-order chi connectivity index (χ0) is 12.7. The minimum absolute atomic E-state index is 0.162. The maximum atomic E-state index is 5.90. The van der Waals surface area contributed by atoms with E-state index in [1.54, 1.807) is 0 Å². The van der Waals surface area contributed by atoms with E-state index in [4.69, 9.17) is 14.2 Å². The van der Waals surface area contributed by atoms with Gasteiger partial charge in [-0.15, -0.1) is 0 Å². The summed E-state index contributed by atoms with van der Waals surface area (Å²) in [6.45, 7) is 13.5. The predicted octanol–water partition coefficient (Wildman–Crippen LogP) is 1.54. The molecule has 17 heavy (non-hydrogen) atoms. The van der Waals surface area contributed by atoms with Crippen molar-refractivity contribution in [2.45, 2.75) is 46.0 Å². The summed E-state index contributed by atoms with van der Waals surface area (Å²) < 4.78 is 16.9. The van der Waals surface area contributed by atoms with Crippen LogP contribution in [0.4, 0.5) is 0 Å². The van der Waals surface area contributed by atoms with Crippen molar-refractivity contribution in [3.05, 3.63) is 0 Å².